The molecule has 1 aliphatic carbocycles. The van der Waals surface area contributed by atoms with Gasteiger partial charge in [-0.05, 0) is 42.9 Å². The van der Waals surface area contributed by atoms with Crippen molar-refractivity contribution >= 4 is 11.6 Å². The molecule has 0 bridgehead atoms. The summed E-state index contributed by atoms with van der Waals surface area (Å²) >= 11 is 6.28. The molecule has 1 saturated carbocycles. The zero-order valence-electron chi connectivity index (χ0n) is 11.5. The Morgan fingerprint density at radius 2 is 2.11 bits per heavy atom. The molecular weight excluding hydrogens is 242 g/mol. The minimum atomic E-state index is 0.576. The van der Waals surface area contributed by atoms with Gasteiger partial charge in [0.15, 0.2) is 0 Å². The van der Waals surface area contributed by atoms with E-state index in [9.17, 15) is 0 Å². The summed E-state index contributed by atoms with van der Waals surface area (Å²) in [6.07, 6.45) is 5.19. The summed E-state index contributed by atoms with van der Waals surface area (Å²) in [6.45, 7) is 5.63. The van der Waals surface area contributed by atoms with Gasteiger partial charge in [-0.25, -0.2) is 0 Å². The van der Waals surface area contributed by atoms with E-state index in [1.807, 2.05) is 12.1 Å². The number of benzene rings is 1. The van der Waals surface area contributed by atoms with Crippen LogP contribution in [0.5, 0.6) is 0 Å². The highest BCUT2D eigenvalue weighted by atomic mass is 35.5. The van der Waals surface area contributed by atoms with Crippen LogP contribution in [0.3, 0.4) is 0 Å². The third-order valence-electron chi connectivity index (χ3n) is 4.31. The van der Waals surface area contributed by atoms with E-state index < -0.39 is 0 Å². The van der Waals surface area contributed by atoms with Crippen molar-refractivity contribution in [3.8, 4) is 0 Å². The van der Waals surface area contributed by atoms with E-state index in [0.717, 1.165) is 29.8 Å². The van der Waals surface area contributed by atoms with Crippen LogP contribution >= 0.6 is 11.6 Å². The third kappa shape index (κ3) is 3.27. The van der Waals surface area contributed by atoms with Crippen molar-refractivity contribution in [2.24, 2.45) is 11.8 Å². The Hall–Kier alpha value is -0.530. The van der Waals surface area contributed by atoms with Gasteiger partial charge in [0.1, 0.15) is 0 Å². The van der Waals surface area contributed by atoms with Crippen LogP contribution in [0.25, 0.3) is 0 Å². The molecule has 0 heterocycles. The molecule has 0 amide bonds. The molecule has 2 rings (SSSR count). The minimum Gasteiger partial charge on any atom is -0.314 e. The van der Waals surface area contributed by atoms with Crippen molar-refractivity contribution < 1.29 is 0 Å². The largest absolute Gasteiger partial charge is 0.314 e. The number of halogens is 1. The molecule has 1 N–H and O–H groups in total. The number of rotatable bonds is 5. The Bertz CT molecular complexity index is 377. The maximum Gasteiger partial charge on any atom is 0.0438 e. The van der Waals surface area contributed by atoms with Crippen LogP contribution in [0.4, 0.5) is 0 Å². The van der Waals surface area contributed by atoms with E-state index in [0.29, 0.717) is 6.04 Å². The summed E-state index contributed by atoms with van der Waals surface area (Å²) in [5, 5.41) is 4.58. The van der Waals surface area contributed by atoms with E-state index in [2.05, 4.69) is 31.3 Å². The molecule has 0 saturated heterocycles. The van der Waals surface area contributed by atoms with Gasteiger partial charge in [0.25, 0.3) is 0 Å². The van der Waals surface area contributed by atoms with Crippen molar-refractivity contribution in [3.05, 3.63) is 34.9 Å². The van der Waals surface area contributed by atoms with Gasteiger partial charge >= 0.3 is 0 Å². The Morgan fingerprint density at radius 3 is 2.72 bits per heavy atom. The molecule has 3 unspecified atom stereocenters. The molecule has 1 fully saturated rings. The molecule has 0 aliphatic heterocycles. The number of likely N-dealkylation sites (N-methyl/N-ethyl adjacent to an activating group) is 1. The minimum absolute atomic E-state index is 0.576. The van der Waals surface area contributed by atoms with Crippen molar-refractivity contribution in [1.82, 2.24) is 5.32 Å². The summed E-state index contributed by atoms with van der Waals surface area (Å²) in [6, 6.07) is 8.83. The first-order valence-electron chi connectivity index (χ1n) is 7.19. The SMILES string of the molecule is CCNC(Cc1ccccc1Cl)C1CCCC1C. The van der Waals surface area contributed by atoms with E-state index >= 15 is 0 Å². The first-order chi connectivity index (χ1) is 8.72. The molecule has 1 aromatic carbocycles. The van der Waals surface area contributed by atoms with Gasteiger partial charge < -0.3 is 5.32 Å². The van der Waals surface area contributed by atoms with Gasteiger partial charge in [0, 0.05) is 11.1 Å². The van der Waals surface area contributed by atoms with Gasteiger partial charge in [-0.3, -0.25) is 0 Å². The zero-order chi connectivity index (χ0) is 13.0. The maximum atomic E-state index is 6.28. The summed E-state index contributed by atoms with van der Waals surface area (Å²) in [4.78, 5) is 0. The van der Waals surface area contributed by atoms with Crippen molar-refractivity contribution in [3.63, 3.8) is 0 Å². The van der Waals surface area contributed by atoms with E-state index in [1.165, 1.54) is 24.8 Å². The van der Waals surface area contributed by atoms with Crippen molar-refractivity contribution in [2.75, 3.05) is 6.54 Å². The highest BCUT2D eigenvalue weighted by molar-refractivity contribution is 6.31. The van der Waals surface area contributed by atoms with Crippen LogP contribution in [0.15, 0.2) is 24.3 Å². The Morgan fingerprint density at radius 1 is 1.33 bits per heavy atom. The van der Waals surface area contributed by atoms with Gasteiger partial charge in [-0.1, -0.05) is 56.5 Å². The average Bonchev–Trinajstić information content (AvgIpc) is 2.78. The van der Waals surface area contributed by atoms with Crippen LogP contribution in [0.2, 0.25) is 5.02 Å². The highest BCUT2D eigenvalue weighted by Crippen LogP contribution is 2.35. The van der Waals surface area contributed by atoms with Crippen LogP contribution in [-0.4, -0.2) is 12.6 Å². The summed E-state index contributed by atoms with van der Waals surface area (Å²) in [5.41, 5.74) is 1.28. The predicted octanol–water partition coefficient (Wildman–Crippen LogP) is 4.30. The fourth-order valence-corrected chi connectivity index (χ4v) is 3.52. The predicted molar refractivity (Wildman–Crippen MR) is 79.1 cm³/mol. The number of hydrogen-bond donors (Lipinski definition) is 1. The maximum absolute atomic E-state index is 6.28. The van der Waals surface area contributed by atoms with Gasteiger partial charge in [0.05, 0.1) is 0 Å². The first kappa shape index (κ1) is 13.9. The lowest BCUT2D eigenvalue weighted by Crippen LogP contribution is -2.39. The molecule has 1 aliphatic rings. The zero-order valence-corrected chi connectivity index (χ0v) is 12.2. The third-order valence-corrected chi connectivity index (χ3v) is 4.68. The number of nitrogens with one attached hydrogen (secondary N) is 1. The lowest BCUT2D eigenvalue weighted by Gasteiger charge is -2.28. The van der Waals surface area contributed by atoms with Gasteiger partial charge in [-0.2, -0.15) is 0 Å². The second kappa shape index (κ2) is 6.58. The summed E-state index contributed by atoms with van der Waals surface area (Å²) in [5.74, 6) is 1.65. The topological polar surface area (TPSA) is 12.0 Å². The van der Waals surface area contributed by atoms with Crippen LogP contribution in [0.1, 0.15) is 38.7 Å². The first-order valence-corrected chi connectivity index (χ1v) is 7.57. The fourth-order valence-electron chi connectivity index (χ4n) is 3.31. The Labute approximate surface area is 116 Å². The van der Waals surface area contributed by atoms with Crippen LogP contribution in [0, 0.1) is 11.8 Å². The van der Waals surface area contributed by atoms with E-state index in [1.54, 1.807) is 0 Å². The lowest BCUT2D eigenvalue weighted by molar-refractivity contribution is 0.298. The summed E-state index contributed by atoms with van der Waals surface area (Å²) < 4.78 is 0. The molecule has 0 aromatic heterocycles. The molecule has 1 nitrogen and oxygen atoms in total. The van der Waals surface area contributed by atoms with Gasteiger partial charge in [-0.15, -0.1) is 0 Å². The summed E-state index contributed by atoms with van der Waals surface area (Å²) in [7, 11) is 0. The van der Waals surface area contributed by atoms with Gasteiger partial charge in [0.2, 0.25) is 0 Å². The average molecular weight is 266 g/mol. The van der Waals surface area contributed by atoms with Crippen molar-refractivity contribution in [1.29, 1.82) is 0 Å². The molecule has 100 valence electrons. The van der Waals surface area contributed by atoms with E-state index in [4.69, 9.17) is 11.6 Å². The quantitative estimate of drug-likeness (QED) is 0.837. The van der Waals surface area contributed by atoms with Crippen molar-refractivity contribution in [2.45, 2.75) is 45.6 Å². The highest BCUT2D eigenvalue weighted by Gasteiger charge is 2.30. The lowest BCUT2D eigenvalue weighted by atomic mass is 9.86. The molecule has 1 aromatic rings. The molecular formula is C16H24ClN. The molecule has 0 radical (unpaired) electrons. The number of hydrogen-bond acceptors (Lipinski definition) is 1. The van der Waals surface area contributed by atoms with E-state index in [-0.39, 0.29) is 0 Å². The Balaban J connectivity index is 2.08. The monoisotopic (exact) mass is 265 g/mol. The second-order valence-electron chi connectivity index (χ2n) is 5.53. The molecule has 2 heteroatoms. The fraction of sp³-hybridized carbons (Fsp3) is 0.625. The molecule has 3 atom stereocenters. The molecule has 0 spiro atoms. The normalized spacial score (nSPS) is 25.3. The molecule has 18 heavy (non-hydrogen) atoms. The smallest absolute Gasteiger partial charge is 0.0438 e. The van der Waals surface area contributed by atoms with Crippen LogP contribution in [-0.2, 0) is 6.42 Å². The second-order valence-corrected chi connectivity index (χ2v) is 5.94. The van der Waals surface area contributed by atoms with Crippen LogP contribution < -0.4 is 5.32 Å². The Kier molecular flexibility index (Phi) is 5.08. The standard InChI is InChI=1S/C16H24ClN/c1-3-18-16(14-9-6-7-12(14)2)11-13-8-4-5-10-15(13)17/h4-5,8,10,12,14,16,18H,3,6-7,9,11H2,1-2H3.